The van der Waals surface area contributed by atoms with Crippen molar-refractivity contribution in [1.82, 2.24) is 9.97 Å². The average Bonchev–Trinajstić information content (AvgIpc) is 2.93. The third kappa shape index (κ3) is 1.29. The van der Waals surface area contributed by atoms with E-state index in [4.69, 9.17) is 4.98 Å². The Labute approximate surface area is 104 Å². The quantitative estimate of drug-likeness (QED) is 0.633. The molecule has 0 fully saturated rings. The number of hydrogen-bond acceptors (Lipinski definition) is 0. The van der Waals surface area contributed by atoms with E-state index < -0.39 is 0 Å². The van der Waals surface area contributed by atoms with Crippen molar-refractivity contribution in [3.05, 3.63) is 66.2 Å². The zero-order valence-electron chi connectivity index (χ0n) is 9.72. The second-order valence-electron chi connectivity index (χ2n) is 4.44. The highest BCUT2D eigenvalue weighted by Crippen LogP contribution is 2.21. The molecule has 0 unspecified atom stereocenters. The molecule has 4 rings (SSSR count). The topological polar surface area (TPSA) is 29.9 Å². The van der Waals surface area contributed by atoms with Crippen LogP contribution in [-0.2, 0) is 0 Å². The summed E-state index contributed by atoms with van der Waals surface area (Å²) in [6.45, 7) is 0. The van der Waals surface area contributed by atoms with Crippen LogP contribution in [0.15, 0.2) is 60.7 Å². The molecule has 2 heteroatoms. The monoisotopic (exact) mass is 231 g/mol. The Kier molecular flexibility index (Phi) is 1.86. The Bertz CT molecular complexity index is 807. The summed E-state index contributed by atoms with van der Waals surface area (Å²) in [5.74, 6) is 0. The molecular formula is C16H11N2-. The first-order valence-electron chi connectivity index (χ1n) is 6.01. The van der Waals surface area contributed by atoms with Gasteiger partial charge in [0, 0.05) is 0 Å². The third-order valence-electron chi connectivity index (χ3n) is 3.30. The molecule has 1 N–H and O–H groups in total. The van der Waals surface area contributed by atoms with Gasteiger partial charge in [-0.1, -0.05) is 66.2 Å². The molecule has 86 valence electrons. The summed E-state index contributed by atoms with van der Waals surface area (Å²) in [5.41, 5.74) is 4.22. The zero-order chi connectivity index (χ0) is 11.9. The number of rotatable bonds is 0. The molecule has 0 saturated carbocycles. The van der Waals surface area contributed by atoms with Gasteiger partial charge >= 0.3 is 0 Å². The highest BCUT2D eigenvalue weighted by Gasteiger charge is 1.98. The van der Waals surface area contributed by atoms with Gasteiger partial charge in [-0.25, -0.2) is 0 Å². The van der Waals surface area contributed by atoms with Crippen LogP contribution in [0.3, 0.4) is 0 Å². The minimum absolute atomic E-state index is 0.922. The van der Waals surface area contributed by atoms with Crippen molar-refractivity contribution in [2.24, 2.45) is 0 Å². The molecule has 3 aromatic rings. The van der Waals surface area contributed by atoms with E-state index >= 15 is 0 Å². The van der Waals surface area contributed by atoms with E-state index in [0.717, 1.165) is 22.1 Å². The summed E-state index contributed by atoms with van der Waals surface area (Å²) in [7, 11) is 0. The highest BCUT2D eigenvalue weighted by molar-refractivity contribution is 6.06. The predicted octanol–water partition coefficient (Wildman–Crippen LogP) is 2.84. The van der Waals surface area contributed by atoms with Gasteiger partial charge in [-0.15, -0.1) is 0 Å². The smallest absolute Gasteiger partial charge is 0.0121 e. The van der Waals surface area contributed by atoms with Crippen LogP contribution in [0.5, 0.6) is 0 Å². The number of nitrogens with one attached hydrogen (secondary N) is 1. The van der Waals surface area contributed by atoms with Gasteiger partial charge in [-0.2, -0.15) is 0 Å². The van der Waals surface area contributed by atoms with Crippen molar-refractivity contribution in [2.75, 3.05) is 0 Å². The first-order valence-corrected chi connectivity index (χ1v) is 6.01. The maximum absolute atomic E-state index is 4.71. The van der Waals surface area contributed by atoms with E-state index in [1.165, 1.54) is 10.8 Å². The fourth-order valence-corrected chi connectivity index (χ4v) is 2.46. The third-order valence-corrected chi connectivity index (χ3v) is 3.30. The molecule has 0 atom stereocenters. The van der Waals surface area contributed by atoms with Gasteiger partial charge in [0.05, 0.1) is 0 Å². The molecule has 2 nitrogen and oxygen atoms in total. The molecule has 0 aliphatic heterocycles. The maximum Gasteiger partial charge on any atom is -0.0121 e. The second-order valence-corrected chi connectivity index (χ2v) is 4.44. The van der Waals surface area contributed by atoms with Crippen LogP contribution < -0.4 is 10.5 Å². The minimum Gasteiger partial charge on any atom is -0.456 e. The van der Waals surface area contributed by atoms with Gasteiger partial charge in [0.25, 0.3) is 0 Å². The summed E-state index contributed by atoms with van der Waals surface area (Å²) in [4.78, 5) is 8.13. The van der Waals surface area contributed by atoms with Gasteiger partial charge < -0.3 is 9.97 Å². The minimum atomic E-state index is 0.922. The van der Waals surface area contributed by atoms with E-state index in [1.807, 2.05) is 12.2 Å². The molecule has 1 aliphatic rings. The molecule has 0 radical (unpaired) electrons. The summed E-state index contributed by atoms with van der Waals surface area (Å²) >= 11 is 0. The van der Waals surface area contributed by atoms with Crippen LogP contribution in [0.2, 0.25) is 0 Å². The predicted molar refractivity (Wildman–Crippen MR) is 74.8 cm³/mol. The number of nitrogens with zero attached hydrogens (tertiary/aromatic N) is 1. The van der Waals surface area contributed by atoms with Crippen molar-refractivity contribution >= 4 is 27.4 Å². The van der Waals surface area contributed by atoms with Crippen LogP contribution in [0.4, 0.5) is 0 Å². The maximum atomic E-state index is 4.71. The Morgan fingerprint density at radius 1 is 0.889 bits per heavy atom. The summed E-state index contributed by atoms with van der Waals surface area (Å²) in [6, 6.07) is 12.5. The van der Waals surface area contributed by atoms with Crippen molar-refractivity contribution in [2.45, 2.75) is 0 Å². The van der Waals surface area contributed by atoms with Gasteiger partial charge in [0.1, 0.15) is 0 Å². The number of allylic oxidation sites excluding steroid dienone is 4. The lowest BCUT2D eigenvalue weighted by Crippen LogP contribution is -2.17. The molecule has 0 amide bonds. The van der Waals surface area contributed by atoms with Crippen LogP contribution in [-0.4, -0.2) is 4.98 Å². The summed E-state index contributed by atoms with van der Waals surface area (Å²) < 4.78 is 0. The van der Waals surface area contributed by atoms with Crippen molar-refractivity contribution in [3.63, 3.8) is 0 Å². The number of H-pyrrole nitrogens is 1. The van der Waals surface area contributed by atoms with Gasteiger partial charge in [0.2, 0.25) is 0 Å². The number of aromatic nitrogens is 2. The fourth-order valence-electron chi connectivity index (χ4n) is 2.46. The van der Waals surface area contributed by atoms with E-state index in [2.05, 4.69) is 53.5 Å². The Hall–Kier alpha value is -2.48. The van der Waals surface area contributed by atoms with Gasteiger partial charge in [0.15, 0.2) is 0 Å². The van der Waals surface area contributed by atoms with Crippen LogP contribution >= 0.6 is 0 Å². The normalized spacial score (nSPS) is 14.1. The van der Waals surface area contributed by atoms with Crippen molar-refractivity contribution in [3.8, 4) is 0 Å². The molecule has 18 heavy (non-hydrogen) atoms. The molecule has 0 saturated heterocycles. The average molecular weight is 231 g/mol. The molecular weight excluding hydrogens is 220 g/mol. The first kappa shape index (κ1) is 9.54. The summed E-state index contributed by atoms with van der Waals surface area (Å²) in [6.07, 6.45) is 8.20. The molecule has 2 aromatic carbocycles. The molecule has 0 bridgehead atoms. The van der Waals surface area contributed by atoms with Crippen LogP contribution in [0, 0.1) is 0 Å². The standard InChI is InChI=1S/C16H11N2/c1-2-6-12(5-1)16-17-13-9-3-7-11-8-4-10-14(18-16)15(11)13/h1-10,17H/q-1. The van der Waals surface area contributed by atoms with Gasteiger partial charge in [-0.3, -0.25) is 0 Å². The van der Waals surface area contributed by atoms with E-state index in [-0.39, 0.29) is 0 Å². The van der Waals surface area contributed by atoms with E-state index in [0.29, 0.717) is 0 Å². The second kappa shape index (κ2) is 3.50. The molecule has 1 heterocycles. The Balaban J connectivity index is 2.25. The van der Waals surface area contributed by atoms with Crippen molar-refractivity contribution < 1.29 is 0 Å². The van der Waals surface area contributed by atoms with E-state index in [1.54, 1.807) is 0 Å². The van der Waals surface area contributed by atoms with E-state index in [9.17, 15) is 0 Å². The lowest BCUT2D eigenvalue weighted by atomic mass is 10.1. The summed E-state index contributed by atoms with van der Waals surface area (Å²) in [5, 5.41) is 2.43. The fraction of sp³-hybridized carbons (Fsp3) is 0. The lowest BCUT2D eigenvalue weighted by Gasteiger charge is -2.13. The van der Waals surface area contributed by atoms with Crippen LogP contribution in [0.1, 0.15) is 0 Å². The van der Waals surface area contributed by atoms with Crippen LogP contribution in [0.25, 0.3) is 27.4 Å². The Morgan fingerprint density at radius 3 is 2.50 bits per heavy atom. The molecule has 1 aliphatic carbocycles. The Morgan fingerprint density at radius 2 is 1.67 bits per heavy atom. The number of hydrogen-bond donors (Lipinski definition) is 1. The number of benzene rings is 2. The zero-order valence-corrected chi connectivity index (χ0v) is 9.72. The van der Waals surface area contributed by atoms with Crippen molar-refractivity contribution in [1.29, 1.82) is 0 Å². The highest BCUT2D eigenvalue weighted by atomic mass is 14.9. The lowest BCUT2D eigenvalue weighted by molar-refractivity contribution is 1.14. The first-order chi connectivity index (χ1) is 8.92. The number of aromatic amines is 1. The van der Waals surface area contributed by atoms with Gasteiger partial charge in [-0.05, 0) is 27.4 Å². The molecule has 0 spiro atoms. The molecule has 1 aromatic heterocycles. The largest absolute Gasteiger partial charge is 0.456 e. The SMILES string of the molecule is C1=CC(=c2[n-]c3cccc4cccc([nH]2)c43)C=C1.